The van der Waals surface area contributed by atoms with E-state index in [1.165, 1.54) is 7.11 Å². The Morgan fingerprint density at radius 3 is 2.93 bits per heavy atom. The van der Waals surface area contributed by atoms with Gasteiger partial charge in [0.15, 0.2) is 0 Å². The molecule has 2 rings (SSSR count). The zero-order valence-electron chi connectivity index (χ0n) is 8.70. The van der Waals surface area contributed by atoms with Crippen LogP contribution in [0.25, 0.3) is 0 Å². The summed E-state index contributed by atoms with van der Waals surface area (Å²) < 4.78 is 10.2. The van der Waals surface area contributed by atoms with Crippen LogP contribution in [0.15, 0.2) is 0 Å². The normalized spacial score (nSPS) is 37.4. The maximum atomic E-state index is 11.4. The molecule has 0 aromatic heterocycles. The van der Waals surface area contributed by atoms with Gasteiger partial charge in [-0.3, -0.25) is 4.79 Å². The first kappa shape index (κ1) is 9.97. The van der Waals surface area contributed by atoms with Crippen molar-refractivity contribution in [1.82, 2.24) is 0 Å². The first-order valence-electron chi connectivity index (χ1n) is 5.47. The summed E-state index contributed by atoms with van der Waals surface area (Å²) >= 11 is 0. The lowest BCUT2D eigenvalue weighted by Crippen LogP contribution is -2.35. The Balaban J connectivity index is 1.92. The van der Waals surface area contributed by atoms with Gasteiger partial charge >= 0.3 is 5.97 Å². The molecule has 0 bridgehead atoms. The summed E-state index contributed by atoms with van der Waals surface area (Å²) in [7, 11) is 1.48. The topological polar surface area (TPSA) is 35.5 Å². The van der Waals surface area contributed by atoms with Gasteiger partial charge in [0.2, 0.25) is 0 Å². The van der Waals surface area contributed by atoms with Gasteiger partial charge in [-0.2, -0.15) is 0 Å². The minimum atomic E-state index is -0.0186. The number of methoxy groups -OCH3 is 1. The third-order valence-corrected chi connectivity index (χ3v) is 3.64. The van der Waals surface area contributed by atoms with E-state index in [0.717, 1.165) is 38.9 Å². The molecule has 3 atom stereocenters. The van der Waals surface area contributed by atoms with Crippen molar-refractivity contribution in [2.45, 2.75) is 25.7 Å². The minimum Gasteiger partial charge on any atom is -0.469 e. The number of fused-ring (bicyclic) bond motifs is 1. The molecule has 1 heterocycles. The van der Waals surface area contributed by atoms with Crippen LogP contribution in [-0.2, 0) is 14.3 Å². The summed E-state index contributed by atoms with van der Waals surface area (Å²) in [6.07, 6.45) is 4.25. The molecular weight excluding hydrogens is 180 g/mol. The number of carbonyl (C=O) groups excluding carboxylic acids is 1. The Morgan fingerprint density at radius 2 is 2.14 bits per heavy atom. The average Bonchev–Trinajstić information content (AvgIpc) is 2.27. The monoisotopic (exact) mass is 198 g/mol. The number of hydrogen-bond donors (Lipinski definition) is 0. The third kappa shape index (κ3) is 1.92. The van der Waals surface area contributed by atoms with Gasteiger partial charge in [0.1, 0.15) is 0 Å². The number of hydrogen-bond acceptors (Lipinski definition) is 3. The van der Waals surface area contributed by atoms with Crippen molar-refractivity contribution in [1.29, 1.82) is 0 Å². The van der Waals surface area contributed by atoms with Crippen LogP contribution in [0, 0.1) is 17.8 Å². The fourth-order valence-corrected chi connectivity index (χ4v) is 2.75. The van der Waals surface area contributed by atoms with Gasteiger partial charge in [0, 0.05) is 13.2 Å². The maximum absolute atomic E-state index is 11.4. The molecule has 0 aromatic rings. The average molecular weight is 198 g/mol. The predicted molar refractivity (Wildman–Crippen MR) is 51.8 cm³/mol. The zero-order valence-corrected chi connectivity index (χ0v) is 8.70. The lowest BCUT2D eigenvalue weighted by Gasteiger charge is -2.38. The summed E-state index contributed by atoms with van der Waals surface area (Å²) in [5.41, 5.74) is 0. The first-order chi connectivity index (χ1) is 6.81. The van der Waals surface area contributed by atoms with Crippen LogP contribution in [-0.4, -0.2) is 26.3 Å². The van der Waals surface area contributed by atoms with Gasteiger partial charge < -0.3 is 9.47 Å². The molecule has 2 aliphatic rings. The van der Waals surface area contributed by atoms with Gasteiger partial charge in [-0.25, -0.2) is 0 Å². The van der Waals surface area contributed by atoms with Gasteiger partial charge in [0.05, 0.1) is 13.0 Å². The highest BCUT2D eigenvalue weighted by molar-refractivity contribution is 5.72. The van der Waals surface area contributed by atoms with E-state index in [4.69, 9.17) is 9.47 Å². The Morgan fingerprint density at radius 1 is 1.29 bits per heavy atom. The van der Waals surface area contributed by atoms with Gasteiger partial charge in [-0.1, -0.05) is 0 Å². The molecule has 0 radical (unpaired) electrons. The molecule has 0 amide bonds. The van der Waals surface area contributed by atoms with Crippen LogP contribution in [0.2, 0.25) is 0 Å². The predicted octanol–water partition coefficient (Wildman–Crippen LogP) is 1.61. The first-order valence-corrected chi connectivity index (χ1v) is 5.47. The smallest absolute Gasteiger partial charge is 0.308 e. The SMILES string of the molecule is COC(=O)C1CCC2COCCC2C1. The summed E-state index contributed by atoms with van der Waals surface area (Å²) in [5, 5.41) is 0. The van der Waals surface area contributed by atoms with E-state index in [1.54, 1.807) is 0 Å². The minimum absolute atomic E-state index is 0.0186. The summed E-state index contributed by atoms with van der Waals surface area (Å²) in [6.45, 7) is 1.77. The van der Waals surface area contributed by atoms with Crippen LogP contribution in [0.5, 0.6) is 0 Å². The van der Waals surface area contributed by atoms with Crippen molar-refractivity contribution in [3.05, 3.63) is 0 Å². The number of esters is 1. The summed E-state index contributed by atoms with van der Waals surface area (Å²) in [4.78, 5) is 11.4. The quantitative estimate of drug-likeness (QED) is 0.600. The van der Waals surface area contributed by atoms with E-state index in [1.807, 2.05) is 0 Å². The van der Waals surface area contributed by atoms with E-state index in [0.29, 0.717) is 11.8 Å². The molecule has 2 fully saturated rings. The van der Waals surface area contributed by atoms with Crippen molar-refractivity contribution in [3.8, 4) is 0 Å². The van der Waals surface area contributed by atoms with E-state index in [-0.39, 0.29) is 11.9 Å². The fourth-order valence-electron chi connectivity index (χ4n) is 2.75. The van der Waals surface area contributed by atoms with E-state index >= 15 is 0 Å². The van der Waals surface area contributed by atoms with E-state index in [2.05, 4.69) is 0 Å². The van der Waals surface area contributed by atoms with E-state index in [9.17, 15) is 4.79 Å². The number of rotatable bonds is 1. The molecule has 1 saturated heterocycles. The van der Waals surface area contributed by atoms with Crippen LogP contribution in [0.1, 0.15) is 25.7 Å². The van der Waals surface area contributed by atoms with Crippen LogP contribution < -0.4 is 0 Å². The van der Waals surface area contributed by atoms with E-state index < -0.39 is 0 Å². The molecule has 1 aliphatic carbocycles. The molecule has 0 aromatic carbocycles. The lowest BCUT2D eigenvalue weighted by molar-refractivity contribution is -0.148. The molecule has 3 heteroatoms. The van der Waals surface area contributed by atoms with Gasteiger partial charge in [-0.15, -0.1) is 0 Å². The molecule has 80 valence electrons. The van der Waals surface area contributed by atoms with Crippen molar-refractivity contribution in [3.63, 3.8) is 0 Å². The van der Waals surface area contributed by atoms with Gasteiger partial charge in [-0.05, 0) is 37.5 Å². The summed E-state index contributed by atoms with van der Waals surface area (Å²) in [5.74, 6) is 1.53. The largest absolute Gasteiger partial charge is 0.469 e. The molecule has 0 spiro atoms. The summed E-state index contributed by atoms with van der Waals surface area (Å²) in [6, 6.07) is 0. The maximum Gasteiger partial charge on any atom is 0.308 e. The Hall–Kier alpha value is -0.570. The number of carbonyl (C=O) groups is 1. The molecule has 3 unspecified atom stereocenters. The van der Waals surface area contributed by atoms with Crippen LogP contribution in [0.4, 0.5) is 0 Å². The lowest BCUT2D eigenvalue weighted by atomic mass is 9.72. The molecule has 3 nitrogen and oxygen atoms in total. The second-order valence-electron chi connectivity index (χ2n) is 4.42. The van der Waals surface area contributed by atoms with Crippen molar-refractivity contribution in [2.75, 3.05) is 20.3 Å². The van der Waals surface area contributed by atoms with Crippen molar-refractivity contribution < 1.29 is 14.3 Å². The molecular formula is C11H18O3. The zero-order chi connectivity index (χ0) is 9.97. The second kappa shape index (κ2) is 4.30. The Kier molecular flexibility index (Phi) is 3.06. The Bertz CT molecular complexity index is 215. The van der Waals surface area contributed by atoms with Crippen LogP contribution >= 0.6 is 0 Å². The van der Waals surface area contributed by atoms with Gasteiger partial charge in [0.25, 0.3) is 0 Å². The molecule has 1 saturated carbocycles. The highest BCUT2D eigenvalue weighted by atomic mass is 16.5. The highest BCUT2D eigenvalue weighted by Gasteiger charge is 2.35. The fraction of sp³-hybridized carbons (Fsp3) is 0.909. The molecule has 14 heavy (non-hydrogen) atoms. The second-order valence-corrected chi connectivity index (χ2v) is 4.42. The third-order valence-electron chi connectivity index (χ3n) is 3.64. The number of ether oxygens (including phenoxy) is 2. The Labute approximate surface area is 84.8 Å². The van der Waals surface area contributed by atoms with Crippen molar-refractivity contribution in [2.24, 2.45) is 17.8 Å². The molecule has 1 aliphatic heterocycles. The van der Waals surface area contributed by atoms with Crippen LogP contribution in [0.3, 0.4) is 0 Å². The van der Waals surface area contributed by atoms with Crippen molar-refractivity contribution >= 4 is 5.97 Å². The standard InChI is InChI=1S/C11H18O3/c1-13-11(12)9-2-3-10-7-14-5-4-8(10)6-9/h8-10H,2-7H2,1H3. The molecule has 0 N–H and O–H groups in total. The highest BCUT2D eigenvalue weighted by Crippen LogP contribution is 2.38.